The van der Waals surface area contributed by atoms with Crippen LogP contribution in [-0.2, 0) is 11.3 Å². The summed E-state index contributed by atoms with van der Waals surface area (Å²) >= 11 is 1.75. The lowest BCUT2D eigenvalue weighted by Gasteiger charge is -2.17. The summed E-state index contributed by atoms with van der Waals surface area (Å²) in [5, 5.41) is 3.72. The molecule has 0 aromatic heterocycles. The van der Waals surface area contributed by atoms with E-state index >= 15 is 0 Å². The van der Waals surface area contributed by atoms with Crippen LogP contribution in [0.3, 0.4) is 0 Å². The highest BCUT2D eigenvalue weighted by Gasteiger charge is 2.26. The van der Waals surface area contributed by atoms with Crippen LogP contribution < -0.4 is 5.32 Å². The largest absolute Gasteiger partial charge is 0.377 e. The molecule has 0 amide bonds. The number of hydrogen-bond donors (Lipinski definition) is 1. The highest BCUT2D eigenvalue weighted by atomic mass is 32.2. The lowest BCUT2D eigenvalue weighted by molar-refractivity contribution is 0.127. The monoisotopic (exact) mass is 283 g/mol. The molecule has 106 valence electrons. The molecular weight excluding hydrogens is 261 g/mol. The van der Waals surface area contributed by atoms with E-state index < -0.39 is 0 Å². The summed E-state index contributed by atoms with van der Waals surface area (Å²) in [6.07, 6.45) is 1.29. The molecule has 1 N–H and O–H groups in total. The van der Waals surface area contributed by atoms with Crippen LogP contribution in [0.5, 0.6) is 0 Å². The number of nitrogens with one attached hydrogen (secondary N) is 1. The minimum atomic E-state index is -0.121. The normalized spacial score (nSPS) is 23.2. The van der Waals surface area contributed by atoms with Crippen LogP contribution in [0.15, 0.2) is 23.1 Å². The van der Waals surface area contributed by atoms with Gasteiger partial charge in [0, 0.05) is 34.9 Å². The lowest BCUT2D eigenvalue weighted by Crippen LogP contribution is -2.23. The number of thioether (sulfide) groups is 1. The van der Waals surface area contributed by atoms with Gasteiger partial charge in [-0.2, -0.15) is 0 Å². The fraction of sp³-hybridized carbons (Fsp3) is 0.600. The Balaban J connectivity index is 2.12. The van der Waals surface area contributed by atoms with E-state index in [9.17, 15) is 4.39 Å². The molecular formula is C15H22FNOS. The predicted octanol–water partition coefficient (Wildman–Crippen LogP) is 3.59. The van der Waals surface area contributed by atoms with Gasteiger partial charge in [0.2, 0.25) is 0 Å². The van der Waals surface area contributed by atoms with Crippen LogP contribution in [0.1, 0.15) is 32.8 Å². The fourth-order valence-corrected chi connectivity index (χ4v) is 3.44. The van der Waals surface area contributed by atoms with Gasteiger partial charge in [-0.25, -0.2) is 4.39 Å². The van der Waals surface area contributed by atoms with Crippen molar-refractivity contribution < 1.29 is 9.13 Å². The molecule has 1 aliphatic rings. The fourth-order valence-electron chi connectivity index (χ4n) is 2.16. The molecule has 1 aromatic carbocycles. The molecule has 0 bridgehead atoms. The van der Waals surface area contributed by atoms with Gasteiger partial charge in [0.1, 0.15) is 5.82 Å². The van der Waals surface area contributed by atoms with Gasteiger partial charge in [0.05, 0.1) is 6.10 Å². The summed E-state index contributed by atoms with van der Waals surface area (Å²) in [5.41, 5.74) is 0.778. The first-order chi connectivity index (χ1) is 9.08. The quantitative estimate of drug-likeness (QED) is 0.892. The van der Waals surface area contributed by atoms with E-state index in [1.54, 1.807) is 17.8 Å². The Hall–Kier alpha value is -0.580. The van der Waals surface area contributed by atoms with Crippen molar-refractivity contribution >= 4 is 11.8 Å². The molecule has 0 aliphatic carbocycles. The minimum absolute atomic E-state index is 0.121. The molecule has 1 heterocycles. The van der Waals surface area contributed by atoms with Crippen LogP contribution >= 0.6 is 11.8 Å². The first kappa shape index (κ1) is 14.8. The van der Waals surface area contributed by atoms with Crippen LogP contribution in [0.2, 0.25) is 0 Å². The van der Waals surface area contributed by atoms with Crippen molar-refractivity contribution in [3.05, 3.63) is 29.6 Å². The summed E-state index contributed by atoms with van der Waals surface area (Å²) < 4.78 is 19.6. The second-order valence-electron chi connectivity index (χ2n) is 5.27. The predicted molar refractivity (Wildman–Crippen MR) is 78.1 cm³/mol. The zero-order valence-corrected chi connectivity index (χ0v) is 12.6. The SMILES string of the molecule is CC(C)NCc1c(F)cccc1SC1CCOC1C. The third-order valence-electron chi connectivity index (χ3n) is 3.35. The summed E-state index contributed by atoms with van der Waals surface area (Å²) in [6, 6.07) is 5.69. The minimum Gasteiger partial charge on any atom is -0.377 e. The van der Waals surface area contributed by atoms with Gasteiger partial charge in [-0.3, -0.25) is 0 Å². The van der Waals surface area contributed by atoms with Crippen molar-refractivity contribution in [3.8, 4) is 0 Å². The maximum absolute atomic E-state index is 14.0. The van der Waals surface area contributed by atoms with Gasteiger partial charge in [0.25, 0.3) is 0 Å². The Labute approximate surface area is 119 Å². The zero-order chi connectivity index (χ0) is 13.8. The van der Waals surface area contributed by atoms with Crippen molar-refractivity contribution in [3.63, 3.8) is 0 Å². The average Bonchev–Trinajstić information content (AvgIpc) is 2.74. The van der Waals surface area contributed by atoms with Gasteiger partial charge >= 0.3 is 0 Å². The highest BCUT2D eigenvalue weighted by Crippen LogP contribution is 2.35. The van der Waals surface area contributed by atoms with Gasteiger partial charge in [-0.05, 0) is 25.5 Å². The number of benzene rings is 1. The Morgan fingerprint density at radius 2 is 2.26 bits per heavy atom. The molecule has 2 nitrogen and oxygen atoms in total. The second kappa shape index (κ2) is 6.73. The third kappa shape index (κ3) is 3.94. The summed E-state index contributed by atoms with van der Waals surface area (Å²) in [4.78, 5) is 1.04. The van der Waals surface area contributed by atoms with Gasteiger partial charge in [-0.1, -0.05) is 19.9 Å². The number of hydrogen-bond acceptors (Lipinski definition) is 3. The maximum atomic E-state index is 14.0. The Morgan fingerprint density at radius 1 is 1.47 bits per heavy atom. The molecule has 1 fully saturated rings. The molecule has 0 spiro atoms. The molecule has 0 saturated carbocycles. The molecule has 4 heteroatoms. The van der Waals surface area contributed by atoms with E-state index in [0.29, 0.717) is 17.8 Å². The molecule has 0 radical (unpaired) electrons. The lowest BCUT2D eigenvalue weighted by atomic mass is 10.2. The second-order valence-corrected chi connectivity index (χ2v) is 6.55. The van der Waals surface area contributed by atoms with E-state index in [2.05, 4.69) is 26.1 Å². The first-order valence-corrected chi connectivity index (χ1v) is 7.75. The van der Waals surface area contributed by atoms with E-state index in [0.717, 1.165) is 23.5 Å². The zero-order valence-electron chi connectivity index (χ0n) is 11.8. The Morgan fingerprint density at radius 3 is 2.89 bits per heavy atom. The topological polar surface area (TPSA) is 21.3 Å². The van der Waals surface area contributed by atoms with E-state index in [4.69, 9.17) is 4.74 Å². The number of ether oxygens (including phenoxy) is 1. The molecule has 2 unspecified atom stereocenters. The van der Waals surface area contributed by atoms with Crippen molar-refractivity contribution in [2.75, 3.05) is 6.61 Å². The molecule has 1 aliphatic heterocycles. The Kier molecular flexibility index (Phi) is 5.25. The van der Waals surface area contributed by atoms with Crippen LogP contribution in [0.4, 0.5) is 4.39 Å². The first-order valence-electron chi connectivity index (χ1n) is 6.87. The van der Waals surface area contributed by atoms with E-state index in [1.807, 2.05) is 6.07 Å². The summed E-state index contributed by atoms with van der Waals surface area (Å²) in [7, 11) is 0. The third-order valence-corrected chi connectivity index (χ3v) is 4.91. The van der Waals surface area contributed by atoms with Crippen molar-refractivity contribution in [1.29, 1.82) is 0 Å². The van der Waals surface area contributed by atoms with E-state index in [1.165, 1.54) is 6.07 Å². The smallest absolute Gasteiger partial charge is 0.128 e. The molecule has 2 rings (SSSR count). The molecule has 2 atom stereocenters. The Bertz CT molecular complexity index is 425. The van der Waals surface area contributed by atoms with Crippen molar-refractivity contribution in [2.45, 2.75) is 56.0 Å². The van der Waals surface area contributed by atoms with Crippen LogP contribution in [0, 0.1) is 5.82 Å². The van der Waals surface area contributed by atoms with Gasteiger partial charge in [0.15, 0.2) is 0 Å². The molecule has 1 saturated heterocycles. The maximum Gasteiger partial charge on any atom is 0.128 e. The van der Waals surface area contributed by atoms with Crippen molar-refractivity contribution in [1.82, 2.24) is 5.32 Å². The van der Waals surface area contributed by atoms with Crippen molar-refractivity contribution in [2.24, 2.45) is 0 Å². The average molecular weight is 283 g/mol. The van der Waals surface area contributed by atoms with Gasteiger partial charge in [-0.15, -0.1) is 11.8 Å². The molecule has 19 heavy (non-hydrogen) atoms. The molecule has 1 aromatic rings. The van der Waals surface area contributed by atoms with Crippen LogP contribution in [0.25, 0.3) is 0 Å². The van der Waals surface area contributed by atoms with Gasteiger partial charge < -0.3 is 10.1 Å². The highest BCUT2D eigenvalue weighted by molar-refractivity contribution is 8.00. The summed E-state index contributed by atoms with van der Waals surface area (Å²) in [5.74, 6) is -0.121. The van der Waals surface area contributed by atoms with Crippen LogP contribution in [-0.4, -0.2) is 24.0 Å². The van der Waals surface area contributed by atoms with E-state index in [-0.39, 0.29) is 11.9 Å². The summed E-state index contributed by atoms with van der Waals surface area (Å²) in [6.45, 7) is 7.62. The number of halogens is 1. The number of rotatable bonds is 5. The standard InChI is InChI=1S/C15H22FNOS/c1-10(2)17-9-12-13(16)5-4-6-15(12)19-14-7-8-18-11(14)3/h4-6,10-11,14,17H,7-9H2,1-3H3.